The number of aryl methyl sites for hydroxylation is 2. The number of ether oxygens (including phenoxy) is 1. The Morgan fingerprint density at radius 1 is 1.12 bits per heavy atom. The molecule has 3 aromatic rings. The molecule has 6 nitrogen and oxygen atoms in total. The molecule has 176 valence electrons. The molecule has 0 N–H and O–H groups in total. The molecular weight excluding hydrogens is 410 g/mol. The van der Waals surface area contributed by atoms with E-state index in [1.807, 2.05) is 25.2 Å². The zero-order valence-corrected chi connectivity index (χ0v) is 20.5. The molecule has 1 unspecified atom stereocenters. The van der Waals surface area contributed by atoms with Crippen molar-refractivity contribution in [3.05, 3.63) is 41.7 Å². The number of pyridine rings is 2. The van der Waals surface area contributed by atoms with Gasteiger partial charge in [-0.2, -0.15) is 5.10 Å². The summed E-state index contributed by atoms with van der Waals surface area (Å²) < 4.78 is 7.98. The molecule has 2 aliphatic rings. The summed E-state index contributed by atoms with van der Waals surface area (Å²) in [7, 11) is 4.06. The van der Waals surface area contributed by atoms with Crippen LogP contribution in [0.2, 0.25) is 0 Å². The molecule has 4 heterocycles. The summed E-state index contributed by atoms with van der Waals surface area (Å²) in [6, 6.07) is 8.73. The predicted octanol–water partition coefficient (Wildman–Crippen LogP) is 4.98. The lowest BCUT2D eigenvalue weighted by atomic mass is 10.0. The van der Waals surface area contributed by atoms with Crippen molar-refractivity contribution in [2.45, 2.75) is 46.0 Å². The molecular formula is C27H37N5O. The zero-order chi connectivity index (χ0) is 22.9. The van der Waals surface area contributed by atoms with Crippen molar-refractivity contribution in [2.75, 3.05) is 50.2 Å². The van der Waals surface area contributed by atoms with Crippen LogP contribution in [-0.4, -0.2) is 55.0 Å². The maximum Gasteiger partial charge on any atom is 0.128 e. The van der Waals surface area contributed by atoms with Gasteiger partial charge in [-0.05, 0) is 74.6 Å². The van der Waals surface area contributed by atoms with E-state index in [2.05, 4.69) is 47.5 Å². The minimum Gasteiger partial charge on any atom is -0.381 e. The van der Waals surface area contributed by atoms with Gasteiger partial charge in [0.05, 0.1) is 29.2 Å². The Bertz CT molecular complexity index is 1110. The van der Waals surface area contributed by atoms with E-state index in [0.717, 1.165) is 55.7 Å². The number of nitrogens with zero attached hydrogens (tertiary/aromatic N) is 5. The summed E-state index contributed by atoms with van der Waals surface area (Å²) in [5.74, 6) is 2.40. The molecule has 5 rings (SSSR count). The number of hydrogen-bond donors (Lipinski definition) is 0. The van der Waals surface area contributed by atoms with E-state index in [-0.39, 0.29) is 0 Å². The van der Waals surface area contributed by atoms with E-state index in [0.29, 0.717) is 5.92 Å². The molecule has 33 heavy (non-hydrogen) atoms. The molecule has 1 atom stereocenters. The average Bonchev–Trinajstić information content (AvgIpc) is 3.55. The largest absolute Gasteiger partial charge is 0.381 e. The third-order valence-corrected chi connectivity index (χ3v) is 7.09. The zero-order valence-electron chi connectivity index (χ0n) is 20.5. The third-order valence-electron chi connectivity index (χ3n) is 7.09. The Morgan fingerprint density at radius 2 is 1.94 bits per heavy atom. The Labute approximate surface area is 197 Å². The second-order valence-corrected chi connectivity index (χ2v) is 10.0. The lowest BCUT2D eigenvalue weighted by Crippen LogP contribution is -2.35. The molecule has 0 amide bonds. The first-order chi connectivity index (χ1) is 16.0. The van der Waals surface area contributed by atoms with Crippen LogP contribution in [0.15, 0.2) is 30.5 Å². The van der Waals surface area contributed by atoms with E-state index in [1.54, 1.807) is 0 Å². The molecule has 1 saturated carbocycles. The topological polar surface area (TPSA) is 45.9 Å². The van der Waals surface area contributed by atoms with Crippen molar-refractivity contribution in [1.29, 1.82) is 0 Å². The van der Waals surface area contributed by atoms with Crippen molar-refractivity contribution in [3.63, 3.8) is 0 Å². The normalized spacial score (nSPS) is 18.6. The summed E-state index contributed by atoms with van der Waals surface area (Å²) in [5, 5.41) is 5.15. The number of aromatic nitrogens is 3. The highest BCUT2D eigenvalue weighted by molar-refractivity contribution is 5.80. The number of fused-ring (bicyclic) bond motifs is 1. The van der Waals surface area contributed by atoms with Crippen molar-refractivity contribution in [3.8, 4) is 11.3 Å². The van der Waals surface area contributed by atoms with Gasteiger partial charge in [0.1, 0.15) is 5.82 Å². The molecule has 1 aliphatic carbocycles. The number of hydrogen-bond acceptors (Lipinski definition) is 5. The summed E-state index contributed by atoms with van der Waals surface area (Å²) in [5.41, 5.74) is 7.18. The predicted molar refractivity (Wildman–Crippen MR) is 135 cm³/mol. The SMILES string of the molecule is CCc1nn2c(-c3cnc(N(C)C)cc3C)cccc2c1N(CC1CC1)CC1CCCOC1. The highest BCUT2D eigenvalue weighted by atomic mass is 16.5. The minimum atomic E-state index is 0.602. The minimum absolute atomic E-state index is 0.602. The second kappa shape index (κ2) is 9.34. The summed E-state index contributed by atoms with van der Waals surface area (Å²) in [6.07, 6.45) is 8.07. The first-order valence-electron chi connectivity index (χ1n) is 12.5. The van der Waals surface area contributed by atoms with Crippen LogP contribution >= 0.6 is 0 Å². The average molecular weight is 448 g/mol. The summed E-state index contributed by atoms with van der Waals surface area (Å²) >= 11 is 0. The molecule has 0 bridgehead atoms. The van der Waals surface area contributed by atoms with E-state index in [1.165, 1.54) is 48.1 Å². The lowest BCUT2D eigenvalue weighted by Gasteiger charge is -2.31. The molecule has 0 spiro atoms. The monoisotopic (exact) mass is 447 g/mol. The van der Waals surface area contributed by atoms with Crippen LogP contribution < -0.4 is 9.80 Å². The third kappa shape index (κ3) is 4.58. The van der Waals surface area contributed by atoms with Crippen molar-refractivity contribution < 1.29 is 4.74 Å². The van der Waals surface area contributed by atoms with Crippen LogP contribution in [-0.2, 0) is 11.2 Å². The van der Waals surface area contributed by atoms with E-state index in [9.17, 15) is 0 Å². The molecule has 1 aliphatic heterocycles. The molecule has 0 aromatic carbocycles. The van der Waals surface area contributed by atoms with Crippen molar-refractivity contribution >= 4 is 17.0 Å². The van der Waals surface area contributed by atoms with Gasteiger partial charge in [-0.3, -0.25) is 0 Å². The maximum absolute atomic E-state index is 5.82. The second-order valence-electron chi connectivity index (χ2n) is 10.0. The highest BCUT2D eigenvalue weighted by Crippen LogP contribution is 2.37. The first-order valence-corrected chi connectivity index (χ1v) is 12.5. The Hall–Kier alpha value is -2.60. The van der Waals surface area contributed by atoms with E-state index < -0.39 is 0 Å². The first kappa shape index (κ1) is 22.2. The fraction of sp³-hybridized carbons (Fsp3) is 0.556. The molecule has 1 saturated heterocycles. The van der Waals surface area contributed by atoms with E-state index >= 15 is 0 Å². The van der Waals surface area contributed by atoms with Gasteiger partial charge in [-0.25, -0.2) is 9.50 Å². The van der Waals surface area contributed by atoms with Crippen LogP contribution in [0.3, 0.4) is 0 Å². The Morgan fingerprint density at radius 3 is 2.61 bits per heavy atom. The van der Waals surface area contributed by atoms with Gasteiger partial charge >= 0.3 is 0 Å². The Balaban J connectivity index is 1.57. The van der Waals surface area contributed by atoms with Crippen LogP contribution in [0.4, 0.5) is 11.5 Å². The molecule has 3 aromatic heterocycles. The van der Waals surface area contributed by atoms with Gasteiger partial charge in [-0.1, -0.05) is 13.0 Å². The van der Waals surface area contributed by atoms with Crippen LogP contribution in [0.5, 0.6) is 0 Å². The lowest BCUT2D eigenvalue weighted by molar-refractivity contribution is 0.0572. The number of anilines is 2. The fourth-order valence-corrected chi connectivity index (χ4v) is 5.08. The van der Waals surface area contributed by atoms with Crippen molar-refractivity contribution in [1.82, 2.24) is 14.6 Å². The molecule has 2 fully saturated rings. The van der Waals surface area contributed by atoms with Gasteiger partial charge in [0.25, 0.3) is 0 Å². The van der Waals surface area contributed by atoms with Crippen molar-refractivity contribution in [2.24, 2.45) is 11.8 Å². The summed E-state index contributed by atoms with van der Waals surface area (Å²) in [4.78, 5) is 9.38. The quantitative estimate of drug-likeness (QED) is 0.488. The maximum atomic E-state index is 5.82. The van der Waals surface area contributed by atoms with Gasteiger partial charge in [0, 0.05) is 45.6 Å². The molecule has 6 heteroatoms. The van der Waals surface area contributed by atoms with E-state index in [4.69, 9.17) is 14.8 Å². The van der Waals surface area contributed by atoms with Crippen LogP contribution in [0.25, 0.3) is 16.8 Å². The van der Waals surface area contributed by atoms with Crippen LogP contribution in [0.1, 0.15) is 43.9 Å². The Kier molecular flexibility index (Phi) is 6.28. The van der Waals surface area contributed by atoms with Gasteiger partial charge in [0.2, 0.25) is 0 Å². The van der Waals surface area contributed by atoms with Crippen LogP contribution in [0, 0.1) is 18.8 Å². The highest BCUT2D eigenvalue weighted by Gasteiger charge is 2.30. The van der Waals surface area contributed by atoms with Gasteiger partial charge < -0.3 is 14.5 Å². The summed E-state index contributed by atoms with van der Waals surface area (Å²) in [6.45, 7) is 8.38. The molecule has 0 radical (unpaired) electrons. The van der Waals surface area contributed by atoms with Gasteiger partial charge in [-0.15, -0.1) is 0 Å². The smallest absolute Gasteiger partial charge is 0.128 e. The number of rotatable bonds is 8. The standard InChI is InChI=1S/C27H37N5O/c1-5-23-27(31(16-20-11-12-20)17-21-8-7-13-33-18-21)25-10-6-9-24(32(25)29-23)22-15-28-26(30(3)4)14-19(22)2/h6,9-10,14-15,20-21H,5,7-8,11-13,16-18H2,1-4H3. The fourth-order valence-electron chi connectivity index (χ4n) is 5.08. The van der Waals surface area contributed by atoms with Gasteiger partial charge in [0.15, 0.2) is 0 Å².